The number of benzene rings is 2. The summed E-state index contributed by atoms with van der Waals surface area (Å²) in [6.07, 6.45) is 0.788. The van der Waals surface area contributed by atoms with Crippen LogP contribution in [-0.4, -0.2) is 50.5 Å². The summed E-state index contributed by atoms with van der Waals surface area (Å²) in [5, 5.41) is 10.7. The Kier molecular flexibility index (Phi) is 5.83. The molecule has 2 unspecified atom stereocenters. The van der Waals surface area contributed by atoms with Crippen molar-refractivity contribution in [2.24, 2.45) is 0 Å². The summed E-state index contributed by atoms with van der Waals surface area (Å²) >= 11 is 6.39. The number of hydrogen-bond donors (Lipinski definition) is 2. The number of methoxy groups -OCH3 is 2. The number of likely N-dealkylation sites (tertiary alicyclic amines) is 1. The van der Waals surface area contributed by atoms with Gasteiger partial charge in [-0.15, -0.1) is 0 Å². The third-order valence-corrected chi connectivity index (χ3v) is 6.36. The lowest BCUT2D eigenvalue weighted by atomic mass is 9.89. The summed E-state index contributed by atoms with van der Waals surface area (Å²) in [5.74, 6) is 1.16. The Bertz CT molecular complexity index is 1190. The van der Waals surface area contributed by atoms with Gasteiger partial charge in [0.25, 0.3) is 0 Å². The summed E-state index contributed by atoms with van der Waals surface area (Å²) in [6.45, 7) is 0.784. The number of anilines is 1. The van der Waals surface area contributed by atoms with Crippen molar-refractivity contribution in [3.63, 3.8) is 0 Å². The molecule has 4 rings (SSSR count). The maximum absolute atomic E-state index is 13.2. The molecule has 3 aromatic rings. The molecule has 1 aliphatic rings. The number of aliphatic hydroxyl groups is 1. The van der Waals surface area contributed by atoms with Crippen LogP contribution in [0.3, 0.4) is 0 Å². The van der Waals surface area contributed by atoms with Crippen LogP contribution in [0.15, 0.2) is 39.5 Å². The monoisotopic (exact) mass is 444 g/mol. The van der Waals surface area contributed by atoms with Gasteiger partial charge in [0, 0.05) is 40.9 Å². The van der Waals surface area contributed by atoms with Gasteiger partial charge in [0.05, 0.1) is 25.8 Å². The molecule has 0 saturated carbocycles. The lowest BCUT2D eigenvalue weighted by Gasteiger charge is -2.25. The van der Waals surface area contributed by atoms with E-state index < -0.39 is 0 Å². The Morgan fingerprint density at radius 3 is 2.61 bits per heavy atom. The van der Waals surface area contributed by atoms with E-state index in [1.54, 1.807) is 31.4 Å². The van der Waals surface area contributed by atoms with Crippen LogP contribution in [-0.2, 0) is 0 Å². The number of nitrogen functional groups attached to an aromatic ring is 1. The van der Waals surface area contributed by atoms with Crippen molar-refractivity contribution in [2.75, 3.05) is 40.2 Å². The highest BCUT2D eigenvalue weighted by Crippen LogP contribution is 2.45. The number of hydrogen-bond acceptors (Lipinski definition) is 7. The number of likely N-dealkylation sites (N-methyl/N-ethyl adjacent to an activating group) is 1. The Morgan fingerprint density at radius 2 is 1.97 bits per heavy atom. The first-order chi connectivity index (χ1) is 14.9. The van der Waals surface area contributed by atoms with Crippen LogP contribution in [0.25, 0.3) is 22.3 Å². The summed E-state index contributed by atoms with van der Waals surface area (Å²) < 4.78 is 17.5. The third kappa shape index (κ3) is 3.63. The van der Waals surface area contributed by atoms with E-state index >= 15 is 0 Å². The number of aliphatic hydroxyl groups excluding tert-OH is 1. The average molecular weight is 445 g/mol. The van der Waals surface area contributed by atoms with E-state index in [0.29, 0.717) is 44.5 Å². The van der Waals surface area contributed by atoms with Gasteiger partial charge < -0.3 is 29.6 Å². The fourth-order valence-electron chi connectivity index (χ4n) is 4.45. The van der Waals surface area contributed by atoms with Gasteiger partial charge in [-0.25, -0.2) is 0 Å². The number of nitrogens with zero attached hydrogens (tertiary/aromatic N) is 1. The number of rotatable bonds is 5. The van der Waals surface area contributed by atoms with Gasteiger partial charge in [0.15, 0.2) is 5.43 Å². The van der Waals surface area contributed by atoms with Gasteiger partial charge in [-0.2, -0.15) is 0 Å². The minimum Gasteiger partial charge on any atom is -0.496 e. The second-order valence-electron chi connectivity index (χ2n) is 7.74. The number of halogens is 1. The van der Waals surface area contributed by atoms with Crippen molar-refractivity contribution in [2.45, 2.75) is 18.4 Å². The SMILES string of the molecule is COc1cc(OC)c2c(=O)cc(-c3ccc(N)cc3Cl)oc2c1C1CCN(C)C1CO. The number of nitrogens with two attached hydrogens (primary N) is 1. The van der Waals surface area contributed by atoms with Crippen LogP contribution in [0.5, 0.6) is 11.5 Å². The molecular formula is C23H25ClN2O5. The van der Waals surface area contributed by atoms with Crippen molar-refractivity contribution in [1.29, 1.82) is 0 Å². The van der Waals surface area contributed by atoms with Crippen LogP contribution >= 0.6 is 11.6 Å². The van der Waals surface area contributed by atoms with Crippen LogP contribution < -0.4 is 20.6 Å². The van der Waals surface area contributed by atoms with E-state index in [-0.39, 0.29) is 24.0 Å². The Hall–Kier alpha value is -2.74. The Morgan fingerprint density at radius 1 is 1.23 bits per heavy atom. The first kappa shape index (κ1) is 21.5. The highest BCUT2D eigenvalue weighted by atomic mass is 35.5. The highest BCUT2D eigenvalue weighted by Gasteiger charge is 2.37. The maximum atomic E-state index is 13.2. The van der Waals surface area contributed by atoms with Crippen LogP contribution in [0.1, 0.15) is 17.9 Å². The summed E-state index contributed by atoms with van der Waals surface area (Å²) in [6, 6.07) is 8.02. The molecule has 0 amide bonds. The Balaban J connectivity index is 2.06. The summed E-state index contributed by atoms with van der Waals surface area (Å²) in [5.41, 5.74) is 7.76. The highest BCUT2D eigenvalue weighted by molar-refractivity contribution is 6.33. The van der Waals surface area contributed by atoms with E-state index in [2.05, 4.69) is 4.90 Å². The van der Waals surface area contributed by atoms with E-state index in [1.807, 2.05) is 7.05 Å². The zero-order chi connectivity index (χ0) is 22.3. The lowest BCUT2D eigenvalue weighted by Crippen LogP contribution is -2.32. The van der Waals surface area contributed by atoms with Crippen molar-refractivity contribution in [1.82, 2.24) is 4.90 Å². The van der Waals surface area contributed by atoms with Gasteiger partial charge in [-0.1, -0.05) is 11.6 Å². The number of fused-ring (bicyclic) bond motifs is 1. The molecular weight excluding hydrogens is 420 g/mol. The van der Waals surface area contributed by atoms with Crippen molar-refractivity contribution >= 4 is 28.3 Å². The molecule has 0 aliphatic carbocycles. The summed E-state index contributed by atoms with van der Waals surface area (Å²) in [7, 11) is 5.03. The van der Waals surface area contributed by atoms with Crippen molar-refractivity contribution in [3.05, 3.63) is 51.1 Å². The van der Waals surface area contributed by atoms with Crippen molar-refractivity contribution in [3.8, 4) is 22.8 Å². The first-order valence-electron chi connectivity index (χ1n) is 9.98. The van der Waals surface area contributed by atoms with E-state index in [9.17, 15) is 9.90 Å². The molecule has 2 atom stereocenters. The predicted molar refractivity (Wildman–Crippen MR) is 121 cm³/mol. The smallest absolute Gasteiger partial charge is 0.197 e. The van der Waals surface area contributed by atoms with E-state index in [0.717, 1.165) is 18.5 Å². The van der Waals surface area contributed by atoms with Gasteiger partial charge in [0.2, 0.25) is 0 Å². The molecule has 1 aliphatic heterocycles. The van der Waals surface area contributed by atoms with Gasteiger partial charge in [-0.05, 0) is 38.2 Å². The van der Waals surface area contributed by atoms with Crippen LogP contribution in [0.4, 0.5) is 5.69 Å². The molecule has 1 saturated heterocycles. The number of ether oxygens (including phenoxy) is 2. The van der Waals surface area contributed by atoms with E-state index in [1.165, 1.54) is 13.2 Å². The predicted octanol–water partition coefficient (Wildman–Crippen LogP) is 3.49. The maximum Gasteiger partial charge on any atom is 0.197 e. The fraction of sp³-hybridized carbons (Fsp3) is 0.348. The van der Waals surface area contributed by atoms with Gasteiger partial charge in [-0.3, -0.25) is 4.79 Å². The minimum absolute atomic E-state index is 0.0223. The average Bonchev–Trinajstić information content (AvgIpc) is 3.12. The first-order valence-corrected chi connectivity index (χ1v) is 10.4. The molecule has 8 heteroatoms. The molecule has 1 aromatic heterocycles. The lowest BCUT2D eigenvalue weighted by molar-refractivity contribution is 0.171. The Labute approximate surface area is 184 Å². The topological polar surface area (TPSA) is 98.2 Å². The molecule has 0 bridgehead atoms. The van der Waals surface area contributed by atoms with Crippen LogP contribution in [0, 0.1) is 0 Å². The minimum atomic E-state index is -0.253. The fourth-order valence-corrected chi connectivity index (χ4v) is 4.74. The molecule has 0 spiro atoms. The zero-order valence-corrected chi connectivity index (χ0v) is 18.4. The molecule has 31 heavy (non-hydrogen) atoms. The standard InChI is InChI=1S/C23H25ClN2O5/c1-26-7-6-14(16(26)11-27)21-19(29-2)10-20(30-3)22-17(28)9-18(31-23(21)22)13-5-4-12(25)8-15(13)24/h4-5,8-10,14,16,27H,6-7,11,25H2,1-3H3. The normalized spacial score (nSPS) is 19.1. The summed E-state index contributed by atoms with van der Waals surface area (Å²) in [4.78, 5) is 15.3. The van der Waals surface area contributed by atoms with E-state index in [4.69, 9.17) is 31.2 Å². The quantitative estimate of drug-likeness (QED) is 0.581. The zero-order valence-electron chi connectivity index (χ0n) is 17.6. The molecule has 164 valence electrons. The van der Waals surface area contributed by atoms with Gasteiger partial charge >= 0.3 is 0 Å². The molecule has 0 radical (unpaired) electrons. The molecule has 2 heterocycles. The third-order valence-electron chi connectivity index (χ3n) is 6.05. The van der Waals surface area contributed by atoms with Crippen LogP contribution in [0.2, 0.25) is 5.02 Å². The molecule has 2 aromatic carbocycles. The second kappa shape index (κ2) is 8.42. The second-order valence-corrected chi connectivity index (χ2v) is 8.15. The molecule has 1 fully saturated rings. The van der Waals surface area contributed by atoms with Crippen molar-refractivity contribution < 1.29 is 19.0 Å². The molecule has 3 N–H and O–H groups in total. The van der Waals surface area contributed by atoms with Gasteiger partial charge in [0.1, 0.15) is 28.2 Å². The largest absolute Gasteiger partial charge is 0.496 e. The molecule has 7 nitrogen and oxygen atoms in total.